The zero-order chi connectivity index (χ0) is 19.1. The molecule has 1 atom stereocenters. The van der Waals surface area contributed by atoms with Gasteiger partial charge < -0.3 is 10.1 Å². The lowest BCUT2D eigenvalue weighted by Crippen LogP contribution is -2.46. The minimum Gasteiger partial charge on any atom is -0.464 e. The summed E-state index contributed by atoms with van der Waals surface area (Å²) in [5, 5.41) is 2.87. The standard InChI is InChI=1S/C21H30FNO3/c1-4-26-21(25)19(13-15-5-11-18(22)12-6-15)23-20(24)17-9-7-16(8-10-17)14(2)3/h5-6,11-12,14,16-17,19H,4,7-10,13H2,1-3H3,(H,23,24)/t16-,17-,19?. The number of esters is 1. The highest BCUT2D eigenvalue weighted by molar-refractivity contribution is 5.86. The predicted octanol–water partition coefficient (Wildman–Crippen LogP) is 3.88. The number of nitrogens with one attached hydrogen (secondary N) is 1. The van der Waals surface area contributed by atoms with E-state index in [4.69, 9.17) is 4.74 Å². The molecule has 1 fully saturated rings. The van der Waals surface area contributed by atoms with E-state index in [9.17, 15) is 14.0 Å². The fourth-order valence-corrected chi connectivity index (χ4v) is 3.63. The lowest BCUT2D eigenvalue weighted by atomic mass is 9.76. The van der Waals surface area contributed by atoms with Gasteiger partial charge in [-0.1, -0.05) is 26.0 Å². The Morgan fingerprint density at radius 3 is 2.31 bits per heavy atom. The molecule has 1 aliphatic carbocycles. The summed E-state index contributed by atoms with van der Waals surface area (Å²) in [7, 11) is 0. The number of ether oxygens (including phenoxy) is 1. The van der Waals surface area contributed by atoms with E-state index in [1.165, 1.54) is 12.1 Å². The second kappa shape index (κ2) is 9.70. The van der Waals surface area contributed by atoms with E-state index in [0.29, 0.717) is 18.3 Å². The van der Waals surface area contributed by atoms with E-state index >= 15 is 0 Å². The number of rotatable bonds is 7. The van der Waals surface area contributed by atoms with Crippen LogP contribution in [0.5, 0.6) is 0 Å². The normalized spacial score (nSPS) is 21.3. The SMILES string of the molecule is CCOC(=O)C(Cc1ccc(F)cc1)NC(=O)[C@H]1CC[C@H](C(C)C)CC1. The number of carbonyl (C=O) groups is 2. The van der Waals surface area contributed by atoms with Crippen LogP contribution in [0.25, 0.3) is 0 Å². The second-order valence-electron chi connectivity index (χ2n) is 7.50. The molecule has 1 N–H and O–H groups in total. The Morgan fingerprint density at radius 2 is 1.77 bits per heavy atom. The van der Waals surface area contributed by atoms with E-state index in [0.717, 1.165) is 31.2 Å². The Hall–Kier alpha value is -1.91. The number of halogens is 1. The third kappa shape index (κ3) is 5.82. The smallest absolute Gasteiger partial charge is 0.328 e. The van der Waals surface area contributed by atoms with Crippen LogP contribution in [0.1, 0.15) is 52.0 Å². The van der Waals surface area contributed by atoms with Crippen LogP contribution in [-0.4, -0.2) is 24.5 Å². The molecule has 1 unspecified atom stereocenters. The summed E-state index contributed by atoms with van der Waals surface area (Å²) in [6.45, 7) is 6.45. The molecule has 0 aliphatic heterocycles. The number of amides is 1. The van der Waals surface area contributed by atoms with Crippen LogP contribution in [0.4, 0.5) is 4.39 Å². The first-order chi connectivity index (χ1) is 12.4. The number of carbonyl (C=O) groups excluding carboxylic acids is 2. The molecule has 1 aromatic rings. The first kappa shape index (κ1) is 20.4. The molecular weight excluding hydrogens is 333 g/mol. The van der Waals surface area contributed by atoms with Crippen molar-refractivity contribution in [2.75, 3.05) is 6.61 Å². The molecule has 0 radical (unpaired) electrons. The van der Waals surface area contributed by atoms with Crippen molar-refractivity contribution in [1.82, 2.24) is 5.32 Å². The van der Waals surface area contributed by atoms with E-state index in [2.05, 4.69) is 19.2 Å². The van der Waals surface area contributed by atoms with Crippen molar-refractivity contribution in [2.24, 2.45) is 17.8 Å². The Bertz CT molecular complexity index is 592. The van der Waals surface area contributed by atoms with Crippen LogP contribution in [-0.2, 0) is 20.7 Å². The van der Waals surface area contributed by atoms with Crippen LogP contribution in [0.3, 0.4) is 0 Å². The van der Waals surface area contributed by atoms with Crippen molar-refractivity contribution in [3.05, 3.63) is 35.6 Å². The second-order valence-corrected chi connectivity index (χ2v) is 7.50. The number of hydrogen-bond acceptors (Lipinski definition) is 3. The molecule has 144 valence electrons. The Kier molecular flexibility index (Phi) is 7.61. The van der Waals surface area contributed by atoms with Crippen molar-refractivity contribution in [2.45, 2.75) is 58.9 Å². The highest BCUT2D eigenvalue weighted by atomic mass is 19.1. The van der Waals surface area contributed by atoms with Crippen molar-refractivity contribution < 1.29 is 18.7 Å². The van der Waals surface area contributed by atoms with Crippen LogP contribution >= 0.6 is 0 Å². The third-order valence-corrected chi connectivity index (χ3v) is 5.33. The lowest BCUT2D eigenvalue weighted by Gasteiger charge is -2.31. The van der Waals surface area contributed by atoms with Gasteiger partial charge in [-0.25, -0.2) is 9.18 Å². The molecular formula is C21H30FNO3. The highest BCUT2D eigenvalue weighted by Gasteiger charge is 2.30. The van der Waals surface area contributed by atoms with Gasteiger partial charge in [0, 0.05) is 12.3 Å². The molecule has 26 heavy (non-hydrogen) atoms. The molecule has 1 saturated carbocycles. The Balaban J connectivity index is 1.98. The summed E-state index contributed by atoms with van der Waals surface area (Å²) in [5.41, 5.74) is 0.785. The number of benzene rings is 1. The van der Waals surface area contributed by atoms with Gasteiger partial charge in [-0.2, -0.15) is 0 Å². The molecule has 0 heterocycles. The van der Waals surface area contributed by atoms with E-state index in [-0.39, 0.29) is 24.2 Å². The van der Waals surface area contributed by atoms with Gasteiger partial charge in [0.25, 0.3) is 0 Å². The van der Waals surface area contributed by atoms with Gasteiger partial charge in [0.1, 0.15) is 11.9 Å². The summed E-state index contributed by atoms with van der Waals surface area (Å²) in [4.78, 5) is 24.9. The fourth-order valence-electron chi connectivity index (χ4n) is 3.63. The van der Waals surface area contributed by atoms with E-state index < -0.39 is 12.0 Å². The number of hydrogen-bond donors (Lipinski definition) is 1. The molecule has 4 nitrogen and oxygen atoms in total. The van der Waals surface area contributed by atoms with Gasteiger partial charge in [0.2, 0.25) is 5.91 Å². The van der Waals surface area contributed by atoms with Crippen molar-refractivity contribution in [3.8, 4) is 0 Å². The molecule has 0 bridgehead atoms. The Morgan fingerprint density at radius 1 is 1.15 bits per heavy atom. The molecule has 0 spiro atoms. The molecule has 5 heteroatoms. The van der Waals surface area contributed by atoms with Gasteiger partial charge in [-0.05, 0) is 62.1 Å². The zero-order valence-corrected chi connectivity index (χ0v) is 16.0. The maximum atomic E-state index is 13.1. The summed E-state index contributed by atoms with van der Waals surface area (Å²) in [6, 6.07) is 5.22. The first-order valence-electron chi connectivity index (χ1n) is 9.62. The largest absolute Gasteiger partial charge is 0.464 e. The average molecular weight is 363 g/mol. The van der Waals surface area contributed by atoms with Gasteiger partial charge in [-0.3, -0.25) is 4.79 Å². The summed E-state index contributed by atoms with van der Waals surface area (Å²) in [6.07, 6.45) is 4.13. The predicted molar refractivity (Wildman–Crippen MR) is 99.0 cm³/mol. The van der Waals surface area contributed by atoms with Crippen LogP contribution in [0.2, 0.25) is 0 Å². The topological polar surface area (TPSA) is 55.4 Å². The lowest BCUT2D eigenvalue weighted by molar-refractivity contribution is -0.148. The van der Waals surface area contributed by atoms with Crippen molar-refractivity contribution >= 4 is 11.9 Å². The average Bonchev–Trinajstić information content (AvgIpc) is 2.63. The third-order valence-electron chi connectivity index (χ3n) is 5.33. The molecule has 1 aliphatic rings. The van der Waals surface area contributed by atoms with E-state index in [1.54, 1.807) is 19.1 Å². The van der Waals surface area contributed by atoms with Crippen LogP contribution < -0.4 is 5.32 Å². The maximum absolute atomic E-state index is 13.1. The molecule has 0 saturated heterocycles. The van der Waals surface area contributed by atoms with Gasteiger partial charge in [0.15, 0.2) is 0 Å². The van der Waals surface area contributed by atoms with Gasteiger partial charge >= 0.3 is 5.97 Å². The van der Waals surface area contributed by atoms with Crippen LogP contribution in [0, 0.1) is 23.6 Å². The van der Waals surface area contributed by atoms with Gasteiger partial charge in [-0.15, -0.1) is 0 Å². The Labute approximate surface area is 155 Å². The van der Waals surface area contributed by atoms with Crippen LogP contribution in [0.15, 0.2) is 24.3 Å². The minimum atomic E-state index is -0.740. The fraction of sp³-hybridized carbons (Fsp3) is 0.619. The summed E-state index contributed by atoms with van der Waals surface area (Å²) in [5.74, 6) is 0.430. The monoisotopic (exact) mass is 363 g/mol. The molecule has 1 amide bonds. The molecule has 0 aromatic heterocycles. The first-order valence-corrected chi connectivity index (χ1v) is 9.62. The molecule has 2 rings (SSSR count). The maximum Gasteiger partial charge on any atom is 0.328 e. The van der Waals surface area contributed by atoms with E-state index in [1.807, 2.05) is 0 Å². The van der Waals surface area contributed by atoms with Gasteiger partial charge in [0.05, 0.1) is 6.61 Å². The minimum absolute atomic E-state index is 0.0462. The van der Waals surface area contributed by atoms with Crippen molar-refractivity contribution in [1.29, 1.82) is 0 Å². The zero-order valence-electron chi connectivity index (χ0n) is 16.0. The molecule has 1 aromatic carbocycles. The van der Waals surface area contributed by atoms with Crippen molar-refractivity contribution in [3.63, 3.8) is 0 Å². The summed E-state index contributed by atoms with van der Waals surface area (Å²) < 4.78 is 18.2. The highest BCUT2D eigenvalue weighted by Crippen LogP contribution is 2.33. The summed E-state index contributed by atoms with van der Waals surface area (Å²) >= 11 is 0. The quantitative estimate of drug-likeness (QED) is 0.748.